The largest absolute Gasteiger partial charge is 0.288 e. The molecule has 0 aliphatic heterocycles. The van der Waals surface area contributed by atoms with Crippen LogP contribution in [0.25, 0.3) is 16.8 Å². The predicted octanol–water partition coefficient (Wildman–Crippen LogP) is 7.23. The summed E-state index contributed by atoms with van der Waals surface area (Å²) in [4.78, 5) is 33.7. The number of anilines is 3. The first-order valence-electron chi connectivity index (χ1n) is 10.9. The van der Waals surface area contributed by atoms with Gasteiger partial charge in [0, 0.05) is 27.9 Å². The van der Waals surface area contributed by atoms with Gasteiger partial charge in [0.15, 0.2) is 11.6 Å². The summed E-state index contributed by atoms with van der Waals surface area (Å²) >= 11 is 1.51. The number of hydrogen-bond donors (Lipinski definition) is 0. The monoisotopic (exact) mass is 458 g/mol. The van der Waals surface area contributed by atoms with Crippen LogP contribution in [0.4, 0.5) is 16.5 Å². The molecule has 0 saturated carbocycles. The quantitative estimate of drug-likeness (QED) is 0.211. The first-order valence-corrected chi connectivity index (χ1v) is 11.7. The summed E-state index contributed by atoms with van der Waals surface area (Å²) in [7, 11) is 0. The number of pyridine rings is 1. The topological polar surface area (TPSA) is 50.3 Å². The fraction of sp³-hybridized carbons (Fsp3) is 0. The van der Waals surface area contributed by atoms with E-state index in [1.807, 2.05) is 97.1 Å². The zero-order chi connectivity index (χ0) is 23.1. The summed E-state index contributed by atoms with van der Waals surface area (Å²) in [6.45, 7) is 0. The zero-order valence-electron chi connectivity index (χ0n) is 18.0. The van der Waals surface area contributed by atoms with Crippen molar-refractivity contribution in [2.45, 2.75) is 0 Å². The Balaban J connectivity index is 1.39. The summed E-state index contributed by atoms with van der Waals surface area (Å²) < 4.78 is 0. The Hall–Kier alpha value is -4.35. The maximum Gasteiger partial charge on any atom is 0.197 e. The number of nitrogens with zero attached hydrogens (tertiary/aromatic N) is 2. The second-order valence-corrected chi connectivity index (χ2v) is 9.09. The predicted molar refractivity (Wildman–Crippen MR) is 137 cm³/mol. The summed E-state index contributed by atoms with van der Waals surface area (Å²) in [5.74, 6) is 0.359. The van der Waals surface area contributed by atoms with Crippen LogP contribution in [-0.2, 0) is 0 Å². The van der Waals surface area contributed by atoms with Gasteiger partial charge in [0.1, 0.15) is 10.8 Å². The van der Waals surface area contributed by atoms with Crippen LogP contribution in [0.2, 0.25) is 0 Å². The molecular weight excluding hydrogens is 440 g/mol. The molecule has 6 rings (SSSR count). The van der Waals surface area contributed by atoms with E-state index in [1.54, 1.807) is 12.3 Å². The molecule has 0 amide bonds. The molecular formula is C29H18N2O2S. The van der Waals surface area contributed by atoms with Gasteiger partial charge in [-0.05, 0) is 65.4 Å². The highest BCUT2D eigenvalue weighted by Crippen LogP contribution is 2.39. The minimum atomic E-state index is -0.217. The van der Waals surface area contributed by atoms with Crippen LogP contribution in [0.3, 0.4) is 0 Å². The Kier molecular flexibility index (Phi) is 4.90. The Morgan fingerprint density at radius 2 is 1.35 bits per heavy atom. The highest BCUT2D eigenvalue weighted by molar-refractivity contribution is 7.17. The SMILES string of the molecule is O=C1C(=Cc2ccc(N(c3ccccc3)c3ccccn3)s2)C(=O)c2cc3ccccc3cc21. The maximum absolute atomic E-state index is 13.1. The van der Waals surface area contributed by atoms with Gasteiger partial charge in [-0.3, -0.25) is 14.5 Å². The van der Waals surface area contributed by atoms with E-state index in [-0.39, 0.29) is 17.1 Å². The van der Waals surface area contributed by atoms with Gasteiger partial charge in [-0.1, -0.05) is 48.5 Å². The van der Waals surface area contributed by atoms with Crippen LogP contribution >= 0.6 is 11.3 Å². The van der Waals surface area contributed by atoms with Gasteiger partial charge in [0.25, 0.3) is 0 Å². The number of Topliss-reactive ketones (excluding diaryl/α,β-unsaturated/α-hetero) is 2. The number of carbonyl (C=O) groups excluding carboxylic acids is 2. The van der Waals surface area contributed by atoms with Gasteiger partial charge in [-0.2, -0.15) is 0 Å². The van der Waals surface area contributed by atoms with Crippen molar-refractivity contribution in [3.8, 4) is 0 Å². The molecule has 162 valence electrons. The molecule has 0 bridgehead atoms. The number of benzene rings is 3. The Morgan fingerprint density at radius 3 is 2.00 bits per heavy atom. The van der Waals surface area contributed by atoms with Crippen LogP contribution in [-0.4, -0.2) is 16.6 Å². The molecule has 0 radical (unpaired) electrons. The molecule has 1 aliphatic carbocycles. The third-order valence-electron chi connectivity index (χ3n) is 5.88. The molecule has 34 heavy (non-hydrogen) atoms. The lowest BCUT2D eigenvalue weighted by Crippen LogP contribution is -2.09. The fourth-order valence-corrected chi connectivity index (χ4v) is 5.24. The second kappa shape index (κ2) is 8.21. The maximum atomic E-state index is 13.1. The number of carbonyl (C=O) groups is 2. The van der Waals surface area contributed by atoms with Crippen molar-refractivity contribution < 1.29 is 9.59 Å². The van der Waals surface area contributed by atoms with Crippen molar-refractivity contribution in [3.63, 3.8) is 0 Å². The summed E-state index contributed by atoms with van der Waals surface area (Å²) in [5, 5.41) is 2.85. The molecule has 5 aromatic rings. The average molecular weight is 459 g/mol. The van der Waals surface area contributed by atoms with Crippen molar-refractivity contribution in [1.29, 1.82) is 0 Å². The molecule has 0 N–H and O–H groups in total. The fourth-order valence-electron chi connectivity index (χ4n) is 4.26. The minimum absolute atomic E-state index is 0.211. The number of hydrogen-bond acceptors (Lipinski definition) is 5. The van der Waals surface area contributed by atoms with Gasteiger partial charge < -0.3 is 0 Å². The van der Waals surface area contributed by atoms with E-state index < -0.39 is 0 Å². The van der Waals surface area contributed by atoms with E-state index in [1.165, 1.54) is 11.3 Å². The van der Waals surface area contributed by atoms with Crippen molar-refractivity contribution >= 4 is 56.3 Å². The molecule has 0 atom stereocenters. The molecule has 0 fully saturated rings. The smallest absolute Gasteiger partial charge is 0.197 e. The second-order valence-electron chi connectivity index (χ2n) is 8.00. The Morgan fingerprint density at radius 1 is 0.706 bits per heavy atom. The van der Waals surface area contributed by atoms with Crippen molar-refractivity contribution in [2.75, 3.05) is 4.90 Å². The summed E-state index contributed by atoms with van der Waals surface area (Å²) in [6.07, 6.45) is 3.48. The molecule has 5 heteroatoms. The molecule has 3 aromatic carbocycles. The number of ketones is 2. The molecule has 2 heterocycles. The zero-order valence-corrected chi connectivity index (χ0v) is 18.8. The van der Waals surface area contributed by atoms with Crippen LogP contribution in [0.5, 0.6) is 0 Å². The Bertz CT molecular complexity index is 1490. The van der Waals surface area contributed by atoms with E-state index in [2.05, 4.69) is 9.88 Å². The molecule has 2 aromatic heterocycles. The van der Waals surface area contributed by atoms with Crippen molar-refractivity contribution in [3.05, 3.63) is 125 Å². The molecule has 0 spiro atoms. The Labute approximate surface area is 200 Å². The molecule has 0 saturated heterocycles. The normalized spacial score (nSPS) is 12.8. The average Bonchev–Trinajstić information content (AvgIpc) is 3.43. The highest BCUT2D eigenvalue weighted by atomic mass is 32.1. The van der Waals surface area contributed by atoms with Crippen LogP contribution in [0.1, 0.15) is 25.6 Å². The third kappa shape index (κ3) is 3.43. The van der Waals surface area contributed by atoms with Gasteiger partial charge in [-0.25, -0.2) is 4.98 Å². The lowest BCUT2D eigenvalue weighted by molar-refractivity contribution is 0.0990. The minimum Gasteiger partial charge on any atom is -0.288 e. The number of fused-ring (bicyclic) bond motifs is 2. The van der Waals surface area contributed by atoms with E-state index in [9.17, 15) is 9.59 Å². The molecule has 4 nitrogen and oxygen atoms in total. The van der Waals surface area contributed by atoms with Gasteiger partial charge in [0.2, 0.25) is 0 Å². The van der Waals surface area contributed by atoms with Crippen LogP contribution in [0.15, 0.2) is 109 Å². The lowest BCUT2D eigenvalue weighted by atomic mass is 10.0. The lowest BCUT2D eigenvalue weighted by Gasteiger charge is -2.22. The number of thiophene rings is 1. The number of para-hydroxylation sites is 1. The molecule has 1 aliphatic rings. The van der Waals surface area contributed by atoms with Gasteiger partial charge in [0.05, 0.1) is 5.57 Å². The number of allylic oxidation sites excluding steroid dienone is 1. The van der Waals surface area contributed by atoms with Crippen LogP contribution < -0.4 is 4.90 Å². The number of aromatic nitrogens is 1. The third-order valence-corrected chi connectivity index (χ3v) is 6.89. The van der Waals surface area contributed by atoms with E-state index in [0.29, 0.717) is 11.1 Å². The van der Waals surface area contributed by atoms with Crippen molar-refractivity contribution in [1.82, 2.24) is 4.98 Å². The van der Waals surface area contributed by atoms with Crippen LogP contribution in [0, 0.1) is 0 Å². The standard InChI is InChI=1S/C29H18N2O2S/c32-28-23-16-19-8-4-5-9-20(19)17-24(23)29(33)25(28)18-22-13-14-27(34-22)31(21-10-2-1-3-11-21)26-12-6-7-15-30-26/h1-18H. The first-order chi connectivity index (χ1) is 16.7. The highest BCUT2D eigenvalue weighted by Gasteiger charge is 2.33. The van der Waals surface area contributed by atoms with E-state index >= 15 is 0 Å². The van der Waals surface area contributed by atoms with E-state index in [4.69, 9.17) is 0 Å². The van der Waals surface area contributed by atoms with E-state index in [0.717, 1.165) is 32.2 Å². The summed E-state index contributed by atoms with van der Waals surface area (Å²) in [5.41, 5.74) is 2.15. The summed E-state index contributed by atoms with van der Waals surface area (Å²) in [6, 6.07) is 31.1. The number of rotatable bonds is 4. The molecule has 0 unspecified atom stereocenters. The van der Waals surface area contributed by atoms with Crippen molar-refractivity contribution in [2.24, 2.45) is 0 Å². The first kappa shape index (κ1) is 20.3. The van der Waals surface area contributed by atoms with Gasteiger partial charge >= 0.3 is 0 Å². The van der Waals surface area contributed by atoms with Gasteiger partial charge in [-0.15, -0.1) is 11.3 Å².